The van der Waals surface area contributed by atoms with Crippen molar-refractivity contribution in [3.8, 4) is 5.75 Å². The fraction of sp³-hybridized carbons (Fsp3) is 0.639. The average Bonchev–Trinajstić information content (AvgIpc) is 2.97. The Kier molecular flexibility index (Phi) is 17.2. The maximum Gasteiger partial charge on any atom is 0.311 e. The molecule has 1 N–H and O–H groups in total. The van der Waals surface area contributed by atoms with E-state index in [4.69, 9.17) is 4.74 Å². The van der Waals surface area contributed by atoms with E-state index in [1.54, 1.807) is 11.8 Å². The molecule has 0 radical (unpaired) electrons. The summed E-state index contributed by atoms with van der Waals surface area (Å²) in [4.78, 5) is 17.3. The van der Waals surface area contributed by atoms with E-state index in [1.165, 1.54) is 132 Å². The molecule has 228 valence electrons. The van der Waals surface area contributed by atoms with Crippen LogP contribution < -0.4 is 10.1 Å². The summed E-state index contributed by atoms with van der Waals surface area (Å²) in [6.07, 6.45) is 20.4. The first-order chi connectivity index (χ1) is 20.1. The second kappa shape index (κ2) is 21.0. The summed E-state index contributed by atoms with van der Waals surface area (Å²) in [5, 5.41) is 3.43. The molecule has 1 saturated heterocycles. The molecule has 1 heterocycles. The highest BCUT2D eigenvalue weighted by Crippen LogP contribution is 2.36. The van der Waals surface area contributed by atoms with E-state index in [0.717, 1.165) is 17.7 Å². The molecule has 1 aliphatic heterocycles. The van der Waals surface area contributed by atoms with Crippen LogP contribution in [0.4, 0.5) is 0 Å². The van der Waals surface area contributed by atoms with Gasteiger partial charge in [0.25, 0.3) is 0 Å². The second-order valence-corrected chi connectivity index (χ2v) is 13.0. The van der Waals surface area contributed by atoms with Crippen molar-refractivity contribution in [2.24, 2.45) is 0 Å². The molecule has 3 rings (SSSR count). The van der Waals surface area contributed by atoms with Gasteiger partial charge in [0.1, 0.15) is 5.75 Å². The lowest BCUT2D eigenvalue weighted by atomic mass is 10.0. The third kappa shape index (κ3) is 14.8. The number of carbonyl (C=O) groups excluding carboxylic acids is 1. The highest BCUT2D eigenvalue weighted by Gasteiger charge is 2.12. The number of nitrogens with zero attached hydrogens (tertiary/aromatic N) is 1. The van der Waals surface area contributed by atoms with Gasteiger partial charge in [-0.3, -0.25) is 4.79 Å². The number of ether oxygens (including phenoxy) is 1. The first-order valence-corrected chi connectivity index (χ1v) is 17.4. The zero-order chi connectivity index (χ0) is 29.0. The molecule has 4 nitrogen and oxygen atoms in total. The molecule has 2 aromatic carbocycles. The van der Waals surface area contributed by atoms with Crippen molar-refractivity contribution >= 4 is 17.7 Å². The van der Waals surface area contributed by atoms with Crippen molar-refractivity contribution in [1.29, 1.82) is 0 Å². The normalized spacial score (nSPS) is 13.9. The van der Waals surface area contributed by atoms with Crippen molar-refractivity contribution < 1.29 is 9.53 Å². The topological polar surface area (TPSA) is 41.6 Å². The average molecular weight is 581 g/mol. The van der Waals surface area contributed by atoms with Gasteiger partial charge in [-0.2, -0.15) is 0 Å². The lowest BCUT2D eigenvalue weighted by Gasteiger charge is -2.27. The summed E-state index contributed by atoms with van der Waals surface area (Å²) in [7, 11) is 0. The Balaban J connectivity index is 1.11. The van der Waals surface area contributed by atoms with Crippen LogP contribution in [-0.2, 0) is 4.79 Å². The fourth-order valence-corrected chi connectivity index (χ4v) is 6.61. The maximum atomic E-state index is 12.5. The zero-order valence-electron chi connectivity index (χ0n) is 26.1. The number of benzene rings is 2. The number of carbonyl (C=O) groups is 1. The number of esters is 1. The Morgan fingerprint density at radius 2 is 1.29 bits per heavy atom. The van der Waals surface area contributed by atoms with E-state index < -0.39 is 0 Å². The Morgan fingerprint density at radius 3 is 1.90 bits per heavy atom. The number of hydrogen-bond acceptors (Lipinski definition) is 5. The SMILES string of the molecule is Cc1ccc(Sc2ccccc2OC(=O)CCCCCCCCCCCCCCCCCN2CCNCC2)c(C)c1. The Labute approximate surface area is 255 Å². The van der Waals surface area contributed by atoms with Crippen LogP contribution in [0.25, 0.3) is 0 Å². The number of aryl methyl sites for hydroxylation is 2. The van der Waals surface area contributed by atoms with Crippen LogP contribution in [-0.4, -0.2) is 43.6 Å². The van der Waals surface area contributed by atoms with Crippen LogP contribution >= 0.6 is 11.8 Å². The van der Waals surface area contributed by atoms with E-state index >= 15 is 0 Å². The number of hydrogen-bond donors (Lipinski definition) is 1. The first-order valence-electron chi connectivity index (χ1n) is 16.6. The molecule has 0 aromatic heterocycles. The van der Waals surface area contributed by atoms with Crippen molar-refractivity contribution in [2.75, 3.05) is 32.7 Å². The van der Waals surface area contributed by atoms with Crippen molar-refractivity contribution in [3.05, 3.63) is 53.6 Å². The van der Waals surface area contributed by atoms with Gasteiger partial charge in [0, 0.05) is 37.5 Å². The van der Waals surface area contributed by atoms with E-state index in [2.05, 4.69) is 42.3 Å². The minimum absolute atomic E-state index is 0.117. The number of rotatable bonds is 21. The van der Waals surface area contributed by atoms with Gasteiger partial charge in [0.2, 0.25) is 0 Å². The van der Waals surface area contributed by atoms with Gasteiger partial charge in [0.05, 0.1) is 4.90 Å². The summed E-state index contributed by atoms with van der Waals surface area (Å²) in [6, 6.07) is 14.3. The number of para-hydroxylation sites is 1. The first kappa shape index (κ1) is 33.7. The quantitative estimate of drug-likeness (QED) is 0.0905. The van der Waals surface area contributed by atoms with E-state index in [9.17, 15) is 4.79 Å². The molecule has 0 saturated carbocycles. The second-order valence-electron chi connectivity index (χ2n) is 11.9. The van der Waals surface area contributed by atoms with Gasteiger partial charge in [0.15, 0.2) is 0 Å². The molecule has 0 amide bonds. The minimum Gasteiger partial charge on any atom is -0.425 e. The largest absolute Gasteiger partial charge is 0.425 e. The summed E-state index contributed by atoms with van der Waals surface area (Å²) >= 11 is 1.67. The smallest absolute Gasteiger partial charge is 0.311 e. The predicted molar refractivity (Wildman–Crippen MR) is 175 cm³/mol. The molecule has 1 fully saturated rings. The van der Waals surface area contributed by atoms with Crippen molar-refractivity contribution in [2.45, 2.75) is 126 Å². The molecular weight excluding hydrogens is 524 g/mol. The summed E-state index contributed by atoms with van der Waals surface area (Å²) in [6.45, 7) is 10.4. The monoisotopic (exact) mass is 580 g/mol. The molecule has 1 aliphatic rings. The van der Waals surface area contributed by atoms with E-state index in [0.29, 0.717) is 12.2 Å². The molecule has 0 atom stereocenters. The van der Waals surface area contributed by atoms with Gasteiger partial charge in [-0.25, -0.2) is 0 Å². The van der Waals surface area contributed by atoms with Crippen LogP contribution in [0.5, 0.6) is 5.75 Å². The molecule has 5 heteroatoms. The third-order valence-corrected chi connectivity index (χ3v) is 9.42. The van der Waals surface area contributed by atoms with Crippen LogP contribution in [0.2, 0.25) is 0 Å². The van der Waals surface area contributed by atoms with Crippen LogP contribution in [0.3, 0.4) is 0 Å². The standard InChI is InChI=1S/C36H56N2O2S/c1-31-23-24-34(32(2)30-31)41-35-21-18-17-20-33(35)40-36(39)22-16-14-12-10-8-6-4-3-5-7-9-11-13-15-19-27-38-28-25-37-26-29-38/h17-18,20-21,23-24,30,37H,3-16,19,22,25-29H2,1-2H3. The Morgan fingerprint density at radius 1 is 0.732 bits per heavy atom. The molecule has 2 aromatic rings. The van der Waals surface area contributed by atoms with Gasteiger partial charge >= 0.3 is 5.97 Å². The fourth-order valence-electron chi connectivity index (χ4n) is 5.66. The number of nitrogens with one attached hydrogen (secondary N) is 1. The maximum absolute atomic E-state index is 12.5. The number of piperazine rings is 1. The van der Waals surface area contributed by atoms with Crippen molar-refractivity contribution in [3.63, 3.8) is 0 Å². The van der Waals surface area contributed by atoms with Gasteiger partial charge < -0.3 is 15.0 Å². The highest BCUT2D eigenvalue weighted by molar-refractivity contribution is 7.99. The molecule has 41 heavy (non-hydrogen) atoms. The van der Waals surface area contributed by atoms with Gasteiger partial charge in [-0.05, 0) is 57.0 Å². The number of unbranched alkanes of at least 4 members (excludes halogenated alkanes) is 14. The minimum atomic E-state index is -0.117. The summed E-state index contributed by atoms with van der Waals surface area (Å²) < 4.78 is 5.77. The Bertz CT molecular complexity index is 989. The molecule has 0 aliphatic carbocycles. The predicted octanol–water partition coefficient (Wildman–Crippen LogP) is 9.51. The molecule has 0 unspecified atom stereocenters. The molecule has 0 spiro atoms. The zero-order valence-corrected chi connectivity index (χ0v) is 26.9. The third-order valence-electron chi connectivity index (χ3n) is 8.19. The summed E-state index contributed by atoms with van der Waals surface area (Å²) in [5.41, 5.74) is 2.50. The summed E-state index contributed by atoms with van der Waals surface area (Å²) in [5.74, 6) is 0.553. The van der Waals surface area contributed by atoms with E-state index in [1.807, 2.05) is 24.3 Å². The van der Waals surface area contributed by atoms with Crippen LogP contribution in [0.1, 0.15) is 114 Å². The van der Waals surface area contributed by atoms with Crippen LogP contribution in [0.15, 0.2) is 52.3 Å². The molecular formula is C36H56N2O2S. The van der Waals surface area contributed by atoms with E-state index in [-0.39, 0.29) is 5.97 Å². The van der Waals surface area contributed by atoms with Gasteiger partial charge in [-0.1, -0.05) is 125 Å². The van der Waals surface area contributed by atoms with Crippen molar-refractivity contribution in [1.82, 2.24) is 10.2 Å². The lowest BCUT2D eigenvalue weighted by molar-refractivity contribution is -0.134. The van der Waals surface area contributed by atoms with Gasteiger partial charge in [-0.15, -0.1) is 0 Å². The Hall–Kier alpha value is -1.82. The lowest BCUT2D eigenvalue weighted by Crippen LogP contribution is -2.43. The molecule has 0 bridgehead atoms. The van der Waals surface area contributed by atoms with Crippen LogP contribution in [0, 0.1) is 13.8 Å². The highest BCUT2D eigenvalue weighted by atomic mass is 32.2.